The van der Waals surface area contributed by atoms with E-state index in [2.05, 4.69) is 18.8 Å². The molecule has 0 aromatic heterocycles. The Morgan fingerprint density at radius 3 is 2.58 bits per heavy atom. The Bertz CT molecular complexity index is 114. The zero-order valence-corrected chi connectivity index (χ0v) is 8.47. The monoisotopic (exact) mass is 171 g/mol. The highest BCUT2D eigenvalue weighted by atomic mass is 16.5. The lowest BCUT2D eigenvalue weighted by Crippen LogP contribution is -2.31. The van der Waals surface area contributed by atoms with Gasteiger partial charge in [-0.2, -0.15) is 0 Å². The lowest BCUT2D eigenvalue weighted by molar-refractivity contribution is 0.170. The summed E-state index contributed by atoms with van der Waals surface area (Å²) in [5.74, 6) is 0.646. The molecular formula is C10H21NO. The molecule has 0 aromatic carbocycles. The zero-order chi connectivity index (χ0) is 9.40. The van der Waals surface area contributed by atoms with Crippen molar-refractivity contribution >= 4 is 0 Å². The first kappa shape index (κ1) is 11.7. The Morgan fingerprint density at radius 2 is 2.25 bits per heavy atom. The molecule has 0 amide bonds. The maximum absolute atomic E-state index is 5.05. The van der Waals surface area contributed by atoms with Crippen LogP contribution in [0.5, 0.6) is 0 Å². The van der Waals surface area contributed by atoms with Gasteiger partial charge in [0, 0.05) is 19.8 Å². The van der Waals surface area contributed by atoms with Gasteiger partial charge in [-0.3, -0.25) is 0 Å². The van der Waals surface area contributed by atoms with Crippen LogP contribution in [-0.2, 0) is 4.74 Å². The van der Waals surface area contributed by atoms with Crippen molar-refractivity contribution in [2.45, 2.75) is 25.8 Å². The lowest BCUT2D eigenvalue weighted by atomic mass is 9.94. The number of likely N-dealkylation sites (N-methyl/N-ethyl adjacent to an activating group) is 1. The average Bonchev–Trinajstić information content (AvgIpc) is 2.12. The van der Waals surface area contributed by atoms with Gasteiger partial charge in [-0.25, -0.2) is 0 Å². The summed E-state index contributed by atoms with van der Waals surface area (Å²) in [5.41, 5.74) is 0. The van der Waals surface area contributed by atoms with Crippen LogP contribution in [0.3, 0.4) is 0 Å². The van der Waals surface area contributed by atoms with Crippen molar-refractivity contribution in [3.8, 4) is 0 Å². The fraction of sp³-hybridized carbons (Fsp3) is 0.800. The molecule has 2 nitrogen and oxygen atoms in total. The predicted octanol–water partition coefficient (Wildman–Crippen LogP) is 1.82. The lowest BCUT2D eigenvalue weighted by Gasteiger charge is -2.22. The van der Waals surface area contributed by atoms with Crippen LogP contribution in [-0.4, -0.2) is 26.8 Å². The molecule has 0 saturated carbocycles. The van der Waals surface area contributed by atoms with E-state index in [1.54, 1.807) is 7.11 Å². The van der Waals surface area contributed by atoms with Crippen LogP contribution in [0.4, 0.5) is 0 Å². The standard InChI is InChI=1S/C10H21NO/c1-5-9(7-8-12-4)10(6-2)11-3/h6,9-11H,2,5,7-8H2,1,3-4H3. The normalized spacial score (nSPS) is 15.6. The molecule has 0 aliphatic rings. The van der Waals surface area contributed by atoms with Crippen molar-refractivity contribution in [2.75, 3.05) is 20.8 Å². The molecule has 2 unspecified atom stereocenters. The molecule has 0 radical (unpaired) electrons. The second-order valence-corrected chi connectivity index (χ2v) is 3.00. The maximum Gasteiger partial charge on any atom is 0.0465 e. The maximum atomic E-state index is 5.05. The highest BCUT2D eigenvalue weighted by Gasteiger charge is 2.14. The first-order valence-electron chi connectivity index (χ1n) is 4.58. The van der Waals surface area contributed by atoms with Crippen LogP contribution >= 0.6 is 0 Å². The van der Waals surface area contributed by atoms with E-state index in [-0.39, 0.29) is 0 Å². The molecule has 2 atom stereocenters. The molecule has 0 rings (SSSR count). The number of nitrogens with one attached hydrogen (secondary N) is 1. The molecule has 0 heterocycles. The fourth-order valence-corrected chi connectivity index (χ4v) is 1.45. The van der Waals surface area contributed by atoms with E-state index in [9.17, 15) is 0 Å². The third kappa shape index (κ3) is 3.88. The van der Waals surface area contributed by atoms with Gasteiger partial charge in [0.15, 0.2) is 0 Å². The number of hydrogen-bond donors (Lipinski definition) is 1. The van der Waals surface area contributed by atoms with E-state index in [1.165, 1.54) is 6.42 Å². The van der Waals surface area contributed by atoms with Crippen molar-refractivity contribution in [3.05, 3.63) is 12.7 Å². The van der Waals surface area contributed by atoms with Gasteiger partial charge < -0.3 is 10.1 Å². The van der Waals surface area contributed by atoms with Gasteiger partial charge >= 0.3 is 0 Å². The second kappa shape index (κ2) is 7.32. The number of hydrogen-bond acceptors (Lipinski definition) is 2. The summed E-state index contributed by atoms with van der Waals surface area (Å²) >= 11 is 0. The number of rotatable bonds is 7. The minimum Gasteiger partial charge on any atom is -0.385 e. The minimum absolute atomic E-state index is 0.421. The highest BCUT2D eigenvalue weighted by Crippen LogP contribution is 2.13. The largest absolute Gasteiger partial charge is 0.385 e. The molecule has 72 valence electrons. The summed E-state index contributed by atoms with van der Waals surface area (Å²) in [6.45, 7) is 6.85. The summed E-state index contributed by atoms with van der Waals surface area (Å²) in [7, 11) is 3.72. The Hall–Kier alpha value is -0.340. The van der Waals surface area contributed by atoms with Crippen molar-refractivity contribution in [1.82, 2.24) is 5.32 Å². The zero-order valence-electron chi connectivity index (χ0n) is 8.47. The van der Waals surface area contributed by atoms with Crippen LogP contribution in [0.2, 0.25) is 0 Å². The van der Waals surface area contributed by atoms with Gasteiger partial charge in [0.05, 0.1) is 0 Å². The minimum atomic E-state index is 0.421. The topological polar surface area (TPSA) is 21.3 Å². The van der Waals surface area contributed by atoms with Crippen LogP contribution < -0.4 is 5.32 Å². The molecule has 0 fully saturated rings. The van der Waals surface area contributed by atoms with Gasteiger partial charge in [0.2, 0.25) is 0 Å². The smallest absolute Gasteiger partial charge is 0.0465 e. The predicted molar refractivity (Wildman–Crippen MR) is 53.3 cm³/mol. The van der Waals surface area contributed by atoms with E-state index in [1.807, 2.05) is 13.1 Å². The Labute approximate surface area is 76.0 Å². The van der Waals surface area contributed by atoms with Crippen molar-refractivity contribution < 1.29 is 4.74 Å². The number of methoxy groups -OCH3 is 1. The van der Waals surface area contributed by atoms with Crippen LogP contribution in [0, 0.1) is 5.92 Å². The summed E-state index contributed by atoms with van der Waals surface area (Å²) in [5, 5.41) is 3.24. The van der Waals surface area contributed by atoms with Crippen molar-refractivity contribution in [3.63, 3.8) is 0 Å². The molecule has 0 bridgehead atoms. The van der Waals surface area contributed by atoms with E-state index >= 15 is 0 Å². The van der Waals surface area contributed by atoms with Crippen molar-refractivity contribution in [2.24, 2.45) is 5.92 Å². The molecule has 0 spiro atoms. The Morgan fingerprint density at radius 1 is 1.58 bits per heavy atom. The van der Waals surface area contributed by atoms with Gasteiger partial charge in [-0.15, -0.1) is 6.58 Å². The molecular weight excluding hydrogens is 150 g/mol. The molecule has 12 heavy (non-hydrogen) atoms. The van der Waals surface area contributed by atoms with Crippen LogP contribution in [0.1, 0.15) is 19.8 Å². The first-order valence-corrected chi connectivity index (χ1v) is 4.58. The highest BCUT2D eigenvalue weighted by molar-refractivity contribution is 4.89. The summed E-state index contributed by atoms with van der Waals surface area (Å²) < 4.78 is 5.05. The third-order valence-corrected chi connectivity index (χ3v) is 2.31. The van der Waals surface area contributed by atoms with Gasteiger partial charge in [0.25, 0.3) is 0 Å². The van der Waals surface area contributed by atoms with E-state index < -0.39 is 0 Å². The molecule has 1 N–H and O–H groups in total. The average molecular weight is 171 g/mol. The third-order valence-electron chi connectivity index (χ3n) is 2.31. The van der Waals surface area contributed by atoms with E-state index in [0.717, 1.165) is 13.0 Å². The van der Waals surface area contributed by atoms with E-state index in [4.69, 9.17) is 4.74 Å². The molecule has 2 heteroatoms. The van der Waals surface area contributed by atoms with E-state index in [0.29, 0.717) is 12.0 Å². The summed E-state index contributed by atoms with van der Waals surface area (Å²) in [6.07, 6.45) is 4.25. The number of ether oxygens (including phenoxy) is 1. The summed E-state index contributed by atoms with van der Waals surface area (Å²) in [6, 6.07) is 0.421. The van der Waals surface area contributed by atoms with Crippen molar-refractivity contribution in [1.29, 1.82) is 0 Å². The quantitative estimate of drug-likeness (QED) is 0.590. The second-order valence-electron chi connectivity index (χ2n) is 3.00. The fourth-order valence-electron chi connectivity index (χ4n) is 1.45. The van der Waals surface area contributed by atoms with Crippen LogP contribution in [0.25, 0.3) is 0 Å². The molecule has 0 aliphatic carbocycles. The summed E-state index contributed by atoms with van der Waals surface area (Å²) in [4.78, 5) is 0. The van der Waals surface area contributed by atoms with Crippen LogP contribution in [0.15, 0.2) is 12.7 Å². The van der Waals surface area contributed by atoms with Gasteiger partial charge in [-0.05, 0) is 19.4 Å². The molecule has 0 saturated heterocycles. The molecule has 0 aromatic rings. The molecule has 0 aliphatic heterocycles. The van der Waals surface area contributed by atoms with Gasteiger partial charge in [0.1, 0.15) is 0 Å². The SMILES string of the molecule is C=CC(NC)C(CC)CCOC. The Kier molecular flexibility index (Phi) is 7.11. The Balaban J connectivity index is 3.83. The van der Waals surface area contributed by atoms with Gasteiger partial charge in [-0.1, -0.05) is 19.4 Å². The first-order chi connectivity index (χ1) is 5.79.